The Morgan fingerprint density at radius 1 is 0.674 bits per heavy atom. The molecule has 4 heterocycles. The summed E-state index contributed by atoms with van der Waals surface area (Å²) in [5.41, 5.74) is 0.840. The smallest absolute Gasteiger partial charge is 0.414 e. The highest BCUT2D eigenvalue weighted by Gasteiger charge is 2.61. The van der Waals surface area contributed by atoms with E-state index in [1.165, 1.54) is 130 Å². The number of nitro benzene ring substituents is 4. The maximum absolute atomic E-state index is 14.4. The molecule has 0 radical (unpaired) electrons. The summed E-state index contributed by atoms with van der Waals surface area (Å²) in [6.07, 6.45) is -4.15. The predicted octanol–water partition coefficient (Wildman–Crippen LogP) is 5.26. The molecule has 31 nitrogen and oxygen atoms in total. The number of non-ortho nitro benzene ring substituents is 4. The van der Waals surface area contributed by atoms with Crippen molar-refractivity contribution in [3.8, 4) is 0 Å². The van der Waals surface area contributed by atoms with Crippen molar-refractivity contribution in [2.45, 2.75) is 89.0 Å². The number of nitro groups is 4. The van der Waals surface area contributed by atoms with Crippen LogP contribution in [0.2, 0.25) is 0 Å². The summed E-state index contributed by atoms with van der Waals surface area (Å²) in [4.78, 5) is 145. The van der Waals surface area contributed by atoms with Gasteiger partial charge in [-0.1, -0.05) is 6.92 Å². The van der Waals surface area contributed by atoms with Crippen molar-refractivity contribution < 1.29 is 77.3 Å². The van der Waals surface area contributed by atoms with E-state index >= 15 is 0 Å². The Hall–Kier alpha value is -10.1. The van der Waals surface area contributed by atoms with Gasteiger partial charge in [0.25, 0.3) is 22.7 Å². The number of hydrogen-bond acceptors (Lipinski definition) is 22. The van der Waals surface area contributed by atoms with Crippen LogP contribution in [0.25, 0.3) is 0 Å². The minimum absolute atomic E-state index is 0.0324. The van der Waals surface area contributed by atoms with Gasteiger partial charge in [0, 0.05) is 97.2 Å². The highest BCUT2D eigenvalue weighted by molar-refractivity contribution is 8.03. The molecular weight excluding hydrogens is 1150 g/mol. The number of hydrogen-bond donors (Lipinski definition) is 4. The summed E-state index contributed by atoms with van der Waals surface area (Å²) in [5, 5.41) is 61.9. The van der Waals surface area contributed by atoms with Gasteiger partial charge in [-0.3, -0.25) is 75.4 Å². The van der Waals surface area contributed by atoms with Gasteiger partial charge in [0.15, 0.2) is 0 Å². The van der Waals surface area contributed by atoms with Gasteiger partial charge in [-0.05, 0) is 90.6 Å². The fourth-order valence-electron chi connectivity index (χ4n) is 9.83. The number of rotatable bonds is 22. The lowest BCUT2D eigenvalue weighted by atomic mass is 9.79. The van der Waals surface area contributed by atoms with Crippen LogP contribution in [0.4, 0.5) is 37.1 Å². The van der Waals surface area contributed by atoms with Crippen LogP contribution in [0.3, 0.4) is 0 Å². The Labute approximate surface area is 491 Å². The fraction of sp³-hybridized carbons (Fsp3) is 0.370. The molecule has 3 fully saturated rings. The Kier molecular flexibility index (Phi) is 19.8. The van der Waals surface area contributed by atoms with Crippen LogP contribution in [0, 0.1) is 52.3 Å². The molecule has 6 atom stereocenters. The minimum Gasteiger partial charge on any atom is -0.456 e. The molecule has 6 amide bonds. The lowest BCUT2D eigenvalue weighted by molar-refractivity contribution is -0.385. The van der Waals surface area contributed by atoms with E-state index in [0.29, 0.717) is 27.2 Å². The van der Waals surface area contributed by atoms with Gasteiger partial charge in [0.2, 0.25) is 23.7 Å². The quantitative estimate of drug-likeness (QED) is 0.0114. The van der Waals surface area contributed by atoms with Crippen LogP contribution < -0.4 is 16.0 Å². The number of alkyl carbamates (subject to hydrolysis) is 2. The minimum atomic E-state index is -1.12. The number of carbonyl (C=O) groups excluding carboxylic acids is 7. The second-order valence-electron chi connectivity index (χ2n) is 20.2. The number of guanidine groups is 1. The van der Waals surface area contributed by atoms with Crippen molar-refractivity contribution in [2.75, 3.05) is 26.2 Å². The first-order valence-corrected chi connectivity index (χ1v) is 27.4. The van der Waals surface area contributed by atoms with Crippen molar-refractivity contribution in [3.63, 3.8) is 0 Å². The van der Waals surface area contributed by atoms with E-state index in [-0.39, 0.29) is 100 Å². The monoisotopic (exact) mass is 1210 g/mol. The largest absolute Gasteiger partial charge is 0.456 e. The third-order valence-corrected chi connectivity index (χ3v) is 15.8. The number of fused-ring (bicyclic) bond motifs is 1. The molecule has 86 heavy (non-hydrogen) atoms. The third-order valence-electron chi connectivity index (χ3n) is 14.3. The molecular formula is C54H55N11O20S. The topological polar surface area (TPSA) is 407 Å². The summed E-state index contributed by atoms with van der Waals surface area (Å²) in [7, 11) is 0. The molecule has 0 aromatic heterocycles. The number of carbonyl (C=O) groups is 7. The molecule has 4 aromatic rings. The SMILES string of the molecule is C[C@@H](O)[C@H]1C(=O)N2C(C(=O)OCc3ccc([N+](=O)[O-])cc3)=C(S[C@H]3C[C@@H](C(=O)N4CC(NC(=O)CCCN=C(NC(=O)OCc5ccc([N+](=O)[O-])cc5)NC(=O)OCc5ccc([N+](=O)[O-])cc5)C4)N(C(=O)OCc4ccc([N+](=O)[O-])cc4)C3)[C@H](C)[C@H]12. The number of nitrogens with zero attached hydrogens (tertiary/aromatic N) is 8. The molecule has 32 heteroatoms. The molecule has 4 N–H and O–H groups in total. The number of amides is 6. The van der Waals surface area contributed by atoms with E-state index < -0.39 is 109 Å². The van der Waals surface area contributed by atoms with Gasteiger partial charge in [0.05, 0.1) is 43.8 Å². The Morgan fingerprint density at radius 3 is 1.56 bits per heavy atom. The number of ether oxygens (including phenoxy) is 4. The van der Waals surface area contributed by atoms with Crippen LogP contribution in [0.1, 0.15) is 55.4 Å². The van der Waals surface area contributed by atoms with Crippen molar-refractivity contribution >= 4 is 82.4 Å². The number of benzene rings is 4. The van der Waals surface area contributed by atoms with E-state index in [0.717, 1.165) is 0 Å². The maximum atomic E-state index is 14.4. The van der Waals surface area contributed by atoms with Crippen LogP contribution in [0.15, 0.2) is 113 Å². The van der Waals surface area contributed by atoms with Gasteiger partial charge < -0.3 is 39.2 Å². The first kappa shape index (κ1) is 61.9. The number of nitrogens with one attached hydrogen (secondary N) is 3. The van der Waals surface area contributed by atoms with Gasteiger partial charge in [0.1, 0.15) is 38.2 Å². The van der Waals surface area contributed by atoms with Crippen molar-refractivity contribution in [3.05, 3.63) is 170 Å². The van der Waals surface area contributed by atoms with Crippen LogP contribution in [-0.4, -0.2) is 143 Å². The maximum Gasteiger partial charge on any atom is 0.414 e. The lowest BCUT2D eigenvalue weighted by Gasteiger charge is -2.46. The summed E-state index contributed by atoms with van der Waals surface area (Å²) in [6.45, 7) is 1.83. The number of aliphatic hydroxyl groups is 1. The normalized spacial score (nSPS) is 18.9. The van der Waals surface area contributed by atoms with Crippen LogP contribution in [0.5, 0.6) is 0 Å². The molecule has 0 aliphatic carbocycles. The third kappa shape index (κ3) is 15.2. The van der Waals surface area contributed by atoms with Gasteiger partial charge >= 0.3 is 24.2 Å². The number of esters is 1. The zero-order valence-electron chi connectivity index (χ0n) is 45.7. The summed E-state index contributed by atoms with van der Waals surface area (Å²) in [5.74, 6) is -4.12. The summed E-state index contributed by atoms with van der Waals surface area (Å²) in [6, 6.07) is 18.7. The Balaban J connectivity index is 0.893. The van der Waals surface area contributed by atoms with Crippen LogP contribution in [-0.2, 0) is 64.6 Å². The van der Waals surface area contributed by atoms with E-state index in [1.54, 1.807) is 6.92 Å². The first-order valence-electron chi connectivity index (χ1n) is 26.5. The van der Waals surface area contributed by atoms with Crippen molar-refractivity contribution in [2.24, 2.45) is 16.8 Å². The highest BCUT2D eigenvalue weighted by atomic mass is 32.2. The molecule has 0 saturated carbocycles. The average molecular weight is 1210 g/mol. The van der Waals surface area contributed by atoms with Gasteiger partial charge in [-0.25, -0.2) is 19.2 Å². The summed E-state index contributed by atoms with van der Waals surface area (Å²) < 4.78 is 21.7. The molecule has 0 spiro atoms. The lowest BCUT2D eigenvalue weighted by Crippen LogP contribution is -2.63. The molecule has 0 unspecified atom stereocenters. The standard InChI is InChI=1S/C54H55N11O20S/c1-30-45-44(31(2)66)49(69)61(45)46(50(70)82-26-32-5-13-37(14-6-32)62(74)75)47(30)86-41-22-42(60(25-41)54(73)85-29-35-11-19-40(20-12-35)65(80)81)48(68)59-23-36(24-59)56-43(67)4-3-21-55-51(57-52(71)83-27-33-7-15-38(16-8-33)63(76)77)58-53(72)84-28-34-9-17-39(18-10-34)64(78)79/h5-20,30-31,36,41-42,44-45,66H,3-4,21-29H2,1-2H3,(H,56,67)(H2,55,57,58,71,72)/t30-,31-,41+,42+,44-,45-/m1/s1. The molecule has 4 aliphatic rings. The average Bonchev–Trinajstić information content (AvgIpc) is 1.55. The van der Waals surface area contributed by atoms with Crippen LogP contribution >= 0.6 is 11.8 Å². The second-order valence-corrected chi connectivity index (χ2v) is 21.5. The molecule has 4 aromatic carbocycles. The Morgan fingerprint density at radius 2 is 1.12 bits per heavy atom. The first-order chi connectivity index (χ1) is 41.0. The number of likely N-dealkylation sites (tertiary alicyclic amines) is 2. The number of aliphatic hydroxyl groups excluding tert-OH is 1. The van der Waals surface area contributed by atoms with Crippen molar-refractivity contribution in [1.29, 1.82) is 0 Å². The fourth-order valence-corrected chi connectivity index (χ4v) is 11.4. The number of thioether (sulfide) groups is 1. The Bertz CT molecular complexity index is 3280. The van der Waals surface area contributed by atoms with Gasteiger partial charge in [-0.15, -0.1) is 11.8 Å². The summed E-state index contributed by atoms with van der Waals surface area (Å²) >= 11 is 1.17. The number of β-lactam (4-membered cyclic amide) rings is 1. The molecule has 0 bridgehead atoms. The zero-order chi connectivity index (χ0) is 61.9. The molecule has 8 rings (SSSR count). The number of aliphatic imine (C=N–C) groups is 1. The van der Waals surface area contributed by atoms with E-state index in [9.17, 15) is 79.1 Å². The molecule has 452 valence electrons. The van der Waals surface area contributed by atoms with Gasteiger partial charge in [-0.2, -0.15) is 0 Å². The van der Waals surface area contributed by atoms with E-state index in [4.69, 9.17) is 18.9 Å². The molecule has 3 saturated heterocycles. The second kappa shape index (κ2) is 27.5. The zero-order valence-corrected chi connectivity index (χ0v) is 46.6. The highest BCUT2D eigenvalue weighted by Crippen LogP contribution is 2.52. The van der Waals surface area contributed by atoms with Crippen molar-refractivity contribution in [1.82, 2.24) is 30.7 Å². The molecule has 4 aliphatic heterocycles. The van der Waals surface area contributed by atoms with E-state index in [1.807, 2.05) is 0 Å². The predicted molar refractivity (Wildman–Crippen MR) is 298 cm³/mol. The van der Waals surface area contributed by atoms with E-state index in [2.05, 4.69) is 20.9 Å².